The van der Waals surface area contributed by atoms with E-state index in [0.29, 0.717) is 12.1 Å². The maximum Gasteiger partial charge on any atom is 0.0670 e. The zero-order valence-electron chi connectivity index (χ0n) is 7.58. The summed E-state index contributed by atoms with van der Waals surface area (Å²) in [5.41, 5.74) is 7.35. The van der Waals surface area contributed by atoms with Crippen molar-refractivity contribution in [1.29, 1.82) is 5.26 Å². The molecule has 0 heterocycles. The van der Waals surface area contributed by atoms with Crippen LogP contribution in [0.5, 0.6) is 0 Å². The van der Waals surface area contributed by atoms with Crippen LogP contribution in [-0.4, -0.2) is 5.75 Å². The highest BCUT2D eigenvalue weighted by atomic mass is 32.2. The Balaban J connectivity index is 2.91. The van der Waals surface area contributed by atoms with Crippen molar-refractivity contribution in [2.45, 2.75) is 18.2 Å². The molecule has 0 aromatic heterocycles. The minimum Gasteiger partial charge on any atom is -0.398 e. The third-order valence-corrected chi connectivity index (χ3v) is 2.57. The summed E-state index contributed by atoms with van der Waals surface area (Å²) in [5, 5.41) is 8.55. The van der Waals surface area contributed by atoms with Crippen molar-refractivity contribution in [3.8, 4) is 6.07 Å². The van der Waals surface area contributed by atoms with E-state index in [0.717, 1.165) is 11.3 Å². The number of nitriles is 1. The van der Waals surface area contributed by atoms with E-state index in [-0.39, 0.29) is 0 Å². The molecule has 1 rings (SSSR count). The minimum atomic E-state index is 0.393. The molecular formula is C10H12N2S. The van der Waals surface area contributed by atoms with Gasteiger partial charge in [-0.15, -0.1) is 11.8 Å². The first-order valence-electron chi connectivity index (χ1n) is 4.16. The van der Waals surface area contributed by atoms with Gasteiger partial charge in [-0.3, -0.25) is 0 Å². The second-order valence-corrected chi connectivity index (χ2v) is 3.97. The van der Waals surface area contributed by atoms with Crippen LogP contribution in [0.2, 0.25) is 0 Å². The van der Waals surface area contributed by atoms with Crippen LogP contribution in [0.25, 0.3) is 0 Å². The number of nitrogen functional groups attached to an aromatic ring is 1. The Labute approximate surface area is 82.7 Å². The lowest BCUT2D eigenvalue weighted by Crippen LogP contribution is -1.93. The van der Waals surface area contributed by atoms with E-state index in [9.17, 15) is 0 Å². The first kappa shape index (κ1) is 9.94. The Morgan fingerprint density at radius 1 is 1.54 bits per heavy atom. The molecule has 0 amide bonds. The van der Waals surface area contributed by atoms with Crippen LogP contribution in [0.1, 0.15) is 12.5 Å². The summed E-state index contributed by atoms with van der Waals surface area (Å²) in [4.78, 5) is 1.18. The number of hydrogen-bond acceptors (Lipinski definition) is 3. The molecule has 0 fully saturated rings. The largest absolute Gasteiger partial charge is 0.398 e. The molecule has 0 spiro atoms. The van der Waals surface area contributed by atoms with Gasteiger partial charge in [0.25, 0.3) is 0 Å². The summed E-state index contributed by atoms with van der Waals surface area (Å²) >= 11 is 1.76. The number of thioether (sulfide) groups is 1. The molecule has 0 unspecified atom stereocenters. The van der Waals surface area contributed by atoms with E-state index in [1.54, 1.807) is 11.8 Å². The van der Waals surface area contributed by atoms with E-state index in [1.165, 1.54) is 4.90 Å². The summed E-state index contributed by atoms with van der Waals surface area (Å²) < 4.78 is 0. The van der Waals surface area contributed by atoms with Gasteiger partial charge in [0.2, 0.25) is 0 Å². The monoisotopic (exact) mass is 192 g/mol. The molecule has 0 saturated carbocycles. The number of rotatable bonds is 3. The van der Waals surface area contributed by atoms with Gasteiger partial charge in [-0.1, -0.05) is 6.92 Å². The second-order valence-electron chi connectivity index (χ2n) is 2.63. The topological polar surface area (TPSA) is 49.8 Å². The molecule has 2 N–H and O–H groups in total. The maximum atomic E-state index is 8.55. The van der Waals surface area contributed by atoms with Crippen molar-refractivity contribution < 1.29 is 0 Å². The van der Waals surface area contributed by atoms with Gasteiger partial charge in [0, 0.05) is 10.6 Å². The quantitative estimate of drug-likeness (QED) is 0.591. The lowest BCUT2D eigenvalue weighted by molar-refractivity contribution is 1.23. The molecule has 0 atom stereocenters. The van der Waals surface area contributed by atoms with Crippen LogP contribution in [0.15, 0.2) is 23.1 Å². The van der Waals surface area contributed by atoms with Crippen molar-refractivity contribution in [3.05, 3.63) is 23.8 Å². The van der Waals surface area contributed by atoms with Gasteiger partial charge in [0.15, 0.2) is 0 Å². The highest BCUT2D eigenvalue weighted by Crippen LogP contribution is 2.22. The fourth-order valence-electron chi connectivity index (χ4n) is 1.08. The number of nitrogens with two attached hydrogens (primary N) is 1. The molecule has 1 aromatic carbocycles. The van der Waals surface area contributed by atoms with Crippen LogP contribution in [0, 0.1) is 11.3 Å². The highest BCUT2D eigenvalue weighted by molar-refractivity contribution is 7.99. The predicted octanol–water partition coefficient (Wildman–Crippen LogP) is 2.45. The lowest BCUT2D eigenvalue weighted by atomic mass is 10.1. The van der Waals surface area contributed by atoms with Crippen LogP contribution in [0.4, 0.5) is 5.69 Å². The summed E-state index contributed by atoms with van der Waals surface area (Å²) in [5.74, 6) is 1.04. The van der Waals surface area contributed by atoms with Gasteiger partial charge in [0.1, 0.15) is 0 Å². The average molecular weight is 192 g/mol. The number of nitrogens with zero attached hydrogens (tertiary/aromatic N) is 1. The van der Waals surface area contributed by atoms with Crippen molar-refractivity contribution in [3.63, 3.8) is 0 Å². The van der Waals surface area contributed by atoms with Crippen LogP contribution < -0.4 is 5.73 Å². The Morgan fingerprint density at radius 2 is 2.31 bits per heavy atom. The van der Waals surface area contributed by atoms with Crippen molar-refractivity contribution >= 4 is 17.4 Å². The van der Waals surface area contributed by atoms with Crippen molar-refractivity contribution in [1.82, 2.24) is 0 Å². The fourth-order valence-corrected chi connectivity index (χ4v) is 1.80. The van der Waals surface area contributed by atoms with E-state index in [1.807, 2.05) is 18.2 Å². The second kappa shape index (κ2) is 4.78. The van der Waals surface area contributed by atoms with Crippen molar-refractivity contribution in [2.75, 3.05) is 11.5 Å². The zero-order chi connectivity index (χ0) is 9.68. The summed E-state index contributed by atoms with van der Waals surface area (Å²) in [6.45, 7) is 2.10. The van der Waals surface area contributed by atoms with Gasteiger partial charge < -0.3 is 5.73 Å². The van der Waals surface area contributed by atoms with E-state index in [2.05, 4.69) is 13.0 Å². The number of benzene rings is 1. The van der Waals surface area contributed by atoms with E-state index < -0.39 is 0 Å². The molecule has 3 heteroatoms. The van der Waals surface area contributed by atoms with Crippen LogP contribution in [0.3, 0.4) is 0 Å². The predicted molar refractivity (Wildman–Crippen MR) is 56.6 cm³/mol. The zero-order valence-corrected chi connectivity index (χ0v) is 8.40. The minimum absolute atomic E-state index is 0.393. The molecule has 0 aliphatic rings. The molecular weight excluding hydrogens is 180 g/mol. The standard InChI is InChI=1S/C10H12N2S/c1-2-13-9-3-4-10(12)8(7-9)5-6-11/h3-4,7H,2,5,12H2,1H3. The molecule has 0 saturated heterocycles. The lowest BCUT2D eigenvalue weighted by Gasteiger charge is -2.04. The molecule has 0 radical (unpaired) electrons. The third-order valence-electron chi connectivity index (χ3n) is 1.69. The maximum absolute atomic E-state index is 8.55. The average Bonchev–Trinajstić information content (AvgIpc) is 2.12. The summed E-state index contributed by atoms with van der Waals surface area (Å²) in [6, 6.07) is 7.95. The molecule has 68 valence electrons. The highest BCUT2D eigenvalue weighted by Gasteiger charge is 2.00. The number of hydrogen-bond donors (Lipinski definition) is 1. The number of anilines is 1. The van der Waals surface area contributed by atoms with Gasteiger partial charge in [0.05, 0.1) is 12.5 Å². The first-order chi connectivity index (χ1) is 6.27. The normalized spacial score (nSPS) is 9.54. The Hall–Kier alpha value is -1.14. The van der Waals surface area contributed by atoms with Gasteiger partial charge in [-0.25, -0.2) is 0 Å². The van der Waals surface area contributed by atoms with Gasteiger partial charge in [-0.05, 0) is 29.5 Å². The molecule has 0 aliphatic carbocycles. The smallest absolute Gasteiger partial charge is 0.0670 e. The molecule has 1 aromatic rings. The fraction of sp³-hybridized carbons (Fsp3) is 0.300. The van der Waals surface area contributed by atoms with Crippen molar-refractivity contribution in [2.24, 2.45) is 0 Å². The summed E-state index contributed by atoms with van der Waals surface area (Å²) in [6.07, 6.45) is 0.393. The Kier molecular flexibility index (Phi) is 3.66. The molecule has 13 heavy (non-hydrogen) atoms. The third kappa shape index (κ3) is 2.67. The Bertz CT molecular complexity index is 328. The molecule has 0 aliphatic heterocycles. The molecule has 0 bridgehead atoms. The van der Waals surface area contributed by atoms with Gasteiger partial charge >= 0.3 is 0 Å². The Morgan fingerprint density at radius 3 is 2.92 bits per heavy atom. The van der Waals surface area contributed by atoms with E-state index in [4.69, 9.17) is 11.0 Å². The SMILES string of the molecule is CCSc1ccc(N)c(CC#N)c1. The first-order valence-corrected chi connectivity index (χ1v) is 5.14. The van der Waals surface area contributed by atoms with Crippen LogP contribution >= 0.6 is 11.8 Å². The van der Waals surface area contributed by atoms with Crippen LogP contribution in [-0.2, 0) is 6.42 Å². The summed E-state index contributed by atoms with van der Waals surface area (Å²) in [7, 11) is 0. The molecule has 2 nitrogen and oxygen atoms in total. The van der Waals surface area contributed by atoms with Gasteiger partial charge in [-0.2, -0.15) is 5.26 Å². The van der Waals surface area contributed by atoms with E-state index >= 15 is 0 Å².